The van der Waals surface area contributed by atoms with E-state index in [-0.39, 0.29) is 31.4 Å². The van der Waals surface area contributed by atoms with Gasteiger partial charge in [0.05, 0.1) is 25.0 Å². The van der Waals surface area contributed by atoms with E-state index in [2.05, 4.69) is 107 Å². The van der Waals surface area contributed by atoms with Crippen LogP contribution in [0, 0.1) is 0 Å². The van der Waals surface area contributed by atoms with E-state index in [1.807, 2.05) is 55.5 Å². The van der Waals surface area contributed by atoms with Crippen molar-refractivity contribution in [1.29, 1.82) is 0 Å². The zero-order chi connectivity index (χ0) is 24.1. The number of hydrogen-bond acceptors (Lipinski definition) is 3. The van der Waals surface area contributed by atoms with Crippen LogP contribution in [0.1, 0.15) is 12.6 Å². The summed E-state index contributed by atoms with van der Waals surface area (Å²) in [5, 5.41) is 8.57. The van der Waals surface area contributed by atoms with Crippen molar-refractivity contribution in [2.24, 2.45) is 5.10 Å². The Morgan fingerprint density at radius 2 is 0.974 bits per heavy atom. The third-order valence-corrected chi connectivity index (χ3v) is 8.08. The van der Waals surface area contributed by atoms with Crippen molar-refractivity contribution in [1.82, 2.24) is 4.98 Å². The summed E-state index contributed by atoms with van der Waals surface area (Å²) in [4.78, 5) is 4.22. The number of nitrogens with zero attached hydrogens (tertiary/aromatic N) is 2. The summed E-state index contributed by atoms with van der Waals surface area (Å²) in [6.07, 6.45) is 1.76. The SMILES string of the molecule is C/C(=N\Nc1ccccc1)c1ccccn1.O.O.[Pd+2].c1ccc([PH+](c2ccccc2)c2ccccc2)cc1. The first kappa shape index (κ1) is 32.5. The topological polar surface area (TPSA) is 100 Å². The van der Waals surface area contributed by atoms with Gasteiger partial charge in [0, 0.05) is 6.20 Å². The first-order valence-corrected chi connectivity index (χ1v) is 13.1. The molecule has 1 heterocycles. The number of hydrazone groups is 1. The molecule has 0 unspecified atom stereocenters. The molecule has 5 N–H and O–H groups in total. The first-order chi connectivity index (χ1) is 17.3. The van der Waals surface area contributed by atoms with Crippen LogP contribution in [-0.4, -0.2) is 21.6 Å². The Morgan fingerprint density at radius 3 is 1.37 bits per heavy atom. The van der Waals surface area contributed by atoms with Crippen molar-refractivity contribution < 1.29 is 31.4 Å². The van der Waals surface area contributed by atoms with Crippen LogP contribution in [0.4, 0.5) is 5.69 Å². The maximum atomic E-state index is 4.27. The van der Waals surface area contributed by atoms with Gasteiger partial charge in [-0.1, -0.05) is 78.9 Å². The van der Waals surface area contributed by atoms with Crippen LogP contribution in [0.15, 0.2) is 151 Å². The van der Waals surface area contributed by atoms with Gasteiger partial charge in [0.15, 0.2) is 0 Å². The van der Waals surface area contributed by atoms with Crippen LogP contribution in [0.25, 0.3) is 0 Å². The fraction of sp³-hybridized carbons (Fsp3) is 0.0323. The first-order valence-electron chi connectivity index (χ1n) is 11.6. The second-order valence-electron chi connectivity index (χ2n) is 7.86. The molecule has 38 heavy (non-hydrogen) atoms. The molecule has 0 radical (unpaired) electrons. The van der Waals surface area contributed by atoms with E-state index in [9.17, 15) is 0 Å². The molecule has 0 aliphatic carbocycles. The van der Waals surface area contributed by atoms with E-state index in [1.165, 1.54) is 15.9 Å². The van der Waals surface area contributed by atoms with Crippen LogP contribution >= 0.6 is 7.92 Å². The van der Waals surface area contributed by atoms with E-state index in [4.69, 9.17) is 0 Å². The average Bonchev–Trinajstić information content (AvgIpc) is 2.95. The molecule has 4 aromatic carbocycles. The van der Waals surface area contributed by atoms with E-state index >= 15 is 0 Å². The normalized spacial score (nSPS) is 10.0. The zero-order valence-electron chi connectivity index (χ0n) is 21.1. The molecule has 5 rings (SSSR count). The van der Waals surface area contributed by atoms with Gasteiger partial charge >= 0.3 is 20.4 Å². The Bertz CT molecular complexity index is 1220. The molecular weight excluding hydrogens is 584 g/mol. The number of nitrogens with one attached hydrogen (secondary N) is 1. The molecule has 0 aliphatic heterocycles. The smallest absolute Gasteiger partial charge is 0.412 e. The van der Waals surface area contributed by atoms with E-state index in [0.717, 1.165) is 17.1 Å². The predicted molar refractivity (Wildman–Crippen MR) is 160 cm³/mol. The molecule has 0 spiro atoms. The predicted octanol–water partition coefficient (Wildman–Crippen LogP) is 4.44. The van der Waals surface area contributed by atoms with E-state index < -0.39 is 7.92 Å². The van der Waals surface area contributed by atoms with Gasteiger partial charge in [-0.3, -0.25) is 10.4 Å². The van der Waals surface area contributed by atoms with E-state index in [1.54, 1.807) is 6.20 Å². The van der Waals surface area contributed by atoms with Gasteiger partial charge in [0.1, 0.15) is 15.9 Å². The Kier molecular flexibility index (Phi) is 15.3. The molecular formula is C31H33N3O2PPd+3. The molecule has 0 bridgehead atoms. The van der Waals surface area contributed by atoms with Gasteiger partial charge in [-0.05, 0) is 67.6 Å². The van der Waals surface area contributed by atoms with Gasteiger partial charge in [-0.2, -0.15) is 5.10 Å². The number of para-hydroxylation sites is 1. The Balaban J connectivity index is 0.000000357. The van der Waals surface area contributed by atoms with Gasteiger partial charge in [0.2, 0.25) is 0 Å². The number of pyridine rings is 1. The van der Waals surface area contributed by atoms with E-state index in [0.29, 0.717) is 0 Å². The molecule has 196 valence electrons. The maximum Gasteiger partial charge on any atom is 2.00 e. The minimum Gasteiger partial charge on any atom is -0.412 e. The summed E-state index contributed by atoms with van der Waals surface area (Å²) in [6.45, 7) is 1.93. The molecule has 0 saturated carbocycles. The number of rotatable bonds is 6. The standard InChI is InChI=1S/C18H15P.C13H13N3.2H2O.Pd/c1-4-10-16(11-5-1)19(17-12-6-2-7-13-17)18-14-8-3-9-15-18;1-11(13-9-5-6-10-14-13)15-16-12-7-3-2-4-8-12;;;/h1-15H;2-10,16H,1H3;2*1H2;/q;;;;+2/p+1/b;15-11+;;;. The number of hydrogen-bond donors (Lipinski definition) is 1. The molecule has 0 amide bonds. The average molecular weight is 617 g/mol. The molecule has 0 aliphatic rings. The fourth-order valence-corrected chi connectivity index (χ4v) is 6.19. The van der Waals surface area contributed by atoms with Crippen molar-refractivity contribution in [3.63, 3.8) is 0 Å². The zero-order valence-corrected chi connectivity index (χ0v) is 23.6. The number of anilines is 1. The number of aromatic nitrogens is 1. The largest absolute Gasteiger partial charge is 2.00 e. The second-order valence-corrected chi connectivity index (χ2v) is 10.3. The van der Waals surface area contributed by atoms with Gasteiger partial charge < -0.3 is 11.0 Å². The Morgan fingerprint density at radius 1 is 0.579 bits per heavy atom. The minimum absolute atomic E-state index is 0. The van der Waals surface area contributed by atoms with Gasteiger partial charge in [-0.25, -0.2) is 0 Å². The quantitative estimate of drug-likeness (QED) is 0.132. The van der Waals surface area contributed by atoms with Crippen LogP contribution in [-0.2, 0) is 20.4 Å². The van der Waals surface area contributed by atoms with Crippen molar-refractivity contribution >= 4 is 35.2 Å². The summed E-state index contributed by atoms with van der Waals surface area (Å²) in [7, 11) is -0.877. The van der Waals surface area contributed by atoms with Crippen molar-refractivity contribution in [2.45, 2.75) is 6.92 Å². The minimum atomic E-state index is -0.877. The Hall–Kier alpha value is -3.49. The summed E-state index contributed by atoms with van der Waals surface area (Å²) >= 11 is 0. The Labute approximate surface area is 239 Å². The van der Waals surface area contributed by atoms with Crippen molar-refractivity contribution in [2.75, 3.05) is 5.43 Å². The molecule has 5 aromatic rings. The van der Waals surface area contributed by atoms with Crippen LogP contribution in [0.5, 0.6) is 0 Å². The molecule has 0 fully saturated rings. The second kappa shape index (κ2) is 17.9. The third kappa shape index (κ3) is 9.76. The monoisotopic (exact) mass is 616 g/mol. The van der Waals surface area contributed by atoms with Crippen LogP contribution in [0.3, 0.4) is 0 Å². The molecule has 5 nitrogen and oxygen atoms in total. The summed E-state index contributed by atoms with van der Waals surface area (Å²) < 4.78 is 0. The van der Waals surface area contributed by atoms with Crippen molar-refractivity contribution in [3.8, 4) is 0 Å². The third-order valence-electron chi connectivity index (χ3n) is 5.35. The summed E-state index contributed by atoms with van der Waals surface area (Å²) in [6, 6.07) is 48.1. The summed E-state index contributed by atoms with van der Waals surface area (Å²) in [5.74, 6) is 0. The fourth-order valence-electron chi connectivity index (χ4n) is 3.61. The van der Waals surface area contributed by atoms with Crippen LogP contribution < -0.4 is 21.3 Å². The van der Waals surface area contributed by atoms with Gasteiger partial charge in [-0.15, -0.1) is 0 Å². The molecule has 0 atom stereocenters. The summed E-state index contributed by atoms with van der Waals surface area (Å²) in [5.41, 5.74) is 5.71. The molecule has 1 aromatic heterocycles. The maximum absolute atomic E-state index is 4.27. The molecule has 7 heteroatoms. The van der Waals surface area contributed by atoms with Crippen LogP contribution in [0.2, 0.25) is 0 Å². The molecule has 0 saturated heterocycles. The van der Waals surface area contributed by atoms with Crippen molar-refractivity contribution in [3.05, 3.63) is 151 Å². The number of benzene rings is 4. The van der Waals surface area contributed by atoms with Gasteiger partial charge in [0.25, 0.3) is 0 Å².